The highest BCUT2D eigenvalue weighted by Gasteiger charge is 2.14. The van der Waals surface area contributed by atoms with Crippen LogP contribution in [-0.4, -0.2) is 24.8 Å². The van der Waals surface area contributed by atoms with Gasteiger partial charge < -0.3 is 0 Å². The quantitative estimate of drug-likeness (QED) is 0.621. The molecule has 0 aliphatic carbocycles. The van der Waals surface area contributed by atoms with E-state index in [9.17, 15) is 5.26 Å². The molecule has 4 rings (SSSR count). The van der Waals surface area contributed by atoms with Crippen molar-refractivity contribution < 1.29 is 0 Å². The van der Waals surface area contributed by atoms with Crippen molar-refractivity contribution in [2.24, 2.45) is 0 Å². The summed E-state index contributed by atoms with van der Waals surface area (Å²) in [5.74, 6) is 0. The van der Waals surface area contributed by atoms with E-state index in [1.807, 2.05) is 37.5 Å². The molecule has 1 N–H and O–H groups in total. The largest absolute Gasteiger partial charge is 0.285 e. The molecule has 0 saturated heterocycles. The molecule has 4 heterocycles. The predicted octanol–water partition coefficient (Wildman–Crippen LogP) is 3.45. The number of hydrogen-bond acceptors (Lipinski definition) is 5. The van der Waals surface area contributed by atoms with Crippen molar-refractivity contribution in [1.82, 2.24) is 24.8 Å². The van der Waals surface area contributed by atoms with Gasteiger partial charge in [-0.1, -0.05) is 11.8 Å². The maximum absolute atomic E-state index is 9.37. The molecule has 6 nitrogen and oxygen atoms in total. The van der Waals surface area contributed by atoms with Gasteiger partial charge in [0.15, 0.2) is 0 Å². The van der Waals surface area contributed by atoms with E-state index in [2.05, 4.69) is 26.3 Å². The van der Waals surface area contributed by atoms with Crippen LogP contribution in [0.5, 0.6) is 0 Å². The zero-order valence-corrected chi connectivity index (χ0v) is 13.6. The third kappa shape index (κ3) is 2.53. The Labute approximate surface area is 142 Å². The summed E-state index contributed by atoms with van der Waals surface area (Å²) >= 11 is 1.52. The van der Waals surface area contributed by atoms with Crippen LogP contribution in [0.25, 0.3) is 16.6 Å². The zero-order valence-electron chi connectivity index (χ0n) is 12.8. The van der Waals surface area contributed by atoms with Crippen LogP contribution in [0.15, 0.2) is 59.1 Å². The Morgan fingerprint density at radius 1 is 1.25 bits per heavy atom. The molecule has 0 aromatic carbocycles. The Morgan fingerprint density at radius 2 is 2.17 bits per heavy atom. The van der Waals surface area contributed by atoms with Crippen molar-refractivity contribution in [2.45, 2.75) is 16.8 Å². The number of rotatable bonds is 3. The Kier molecular flexibility index (Phi) is 3.52. The maximum Gasteiger partial charge on any atom is 0.103 e. The molecule has 7 heteroatoms. The lowest BCUT2D eigenvalue weighted by Crippen LogP contribution is -1.92. The van der Waals surface area contributed by atoms with Gasteiger partial charge in [0.25, 0.3) is 0 Å². The monoisotopic (exact) mass is 332 g/mol. The van der Waals surface area contributed by atoms with Gasteiger partial charge >= 0.3 is 0 Å². The van der Waals surface area contributed by atoms with Gasteiger partial charge in [0.2, 0.25) is 0 Å². The van der Waals surface area contributed by atoms with Crippen molar-refractivity contribution in [2.75, 3.05) is 0 Å². The highest BCUT2D eigenvalue weighted by molar-refractivity contribution is 7.99. The number of nitrogens with zero attached hydrogens (tertiary/aromatic N) is 5. The van der Waals surface area contributed by atoms with Gasteiger partial charge in [0.05, 0.1) is 23.5 Å². The maximum atomic E-state index is 9.37. The number of nitrogens with one attached hydrogen (secondary N) is 1. The summed E-state index contributed by atoms with van der Waals surface area (Å²) in [5, 5.41) is 21.4. The minimum absolute atomic E-state index is 0.545. The lowest BCUT2D eigenvalue weighted by molar-refractivity contribution is 0.951. The smallest absolute Gasteiger partial charge is 0.103 e. The lowest BCUT2D eigenvalue weighted by atomic mass is 10.1. The fourth-order valence-electron chi connectivity index (χ4n) is 2.49. The molecule has 0 atom stereocenters. The first-order valence-electron chi connectivity index (χ1n) is 7.26. The first-order chi connectivity index (χ1) is 11.7. The summed E-state index contributed by atoms with van der Waals surface area (Å²) in [6.07, 6.45) is 8.86. The van der Waals surface area contributed by atoms with Crippen LogP contribution in [0.1, 0.15) is 11.1 Å². The minimum atomic E-state index is 0.545. The van der Waals surface area contributed by atoms with Crippen LogP contribution in [0, 0.1) is 18.3 Å². The Bertz CT molecular complexity index is 1060. The third-order valence-electron chi connectivity index (χ3n) is 3.63. The molecular weight excluding hydrogens is 320 g/mol. The number of nitriles is 1. The van der Waals surface area contributed by atoms with Crippen molar-refractivity contribution in [3.05, 3.63) is 60.3 Å². The normalized spacial score (nSPS) is 10.8. The molecule has 0 bridgehead atoms. The van der Waals surface area contributed by atoms with Crippen LogP contribution in [0.3, 0.4) is 0 Å². The zero-order chi connectivity index (χ0) is 16.5. The van der Waals surface area contributed by atoms with E-state index < -0.39 is 0 Å². The second-order valence-electron chi connectivity index (χ2n) is 5.32. The van der Waals surface area contributed by atoms with Gasteiger partial charge in [-0.25, -0.2) is 9.50 Å². The van der Waals surface area contributed by atoms with Gasteiger partial charge in [-0.15, -0.1) is 0 Å². The van der Waals surface area contributed by atoms with Gasteiger partial charge in [-0.3, -0.25) is 5.10 Å². The van der Waals surface area contributed by atoms with Crippen molar-refractivity contribution in [3.8, 4) is 17.2 Å². The average Bonchev–Trinajstić information content (AvgIpc) is 3.24. The molecule has 0 radical (unpaired) electrons. The SMILES string of the molecule is Cc1ccnc(Sc2cc(-c3cn[nH]c3)cn3ncc(C#N)c23)c1. The molecule has 0 unspecified atom stereocenters. The fourth-order valence-corrected chi connectivity index (χ4v) is 3.56. The molecule has 0 aliphatic rings. The van der Waals surface area contributed by atoms with Crippen LogP contribution in [0.4, 0.5) is 0 Å². The summed E-state index contributed by atoms with van der Waals surface area (Å²) in [4.78, 5) is 5.34. The third-order valence-corrected chi connectivity index (χ3v) is 4.60. The van der Waals surface area contributed by atoms with Crippen LogP contribution >= 0.6 is 11.8 Å². The molecule has 116 valence electrons. The topological polar surface area (TPSA) is 82.7 Å². The van der Waals surface area contributed by atoms with E-state index >= 15 is 0 Å². The minimum Gasteiger partial charge on any atom is -0.285 e. The highest BCUT2D eigenvalue weighted by Crippen LogP contribution is 2.34. The fraction of sp³-hybridized carbons (Fsp3) is 0.0588. The number of pyridine rings is 2. The van der Waals surface area contributed by atoms with Crippen molar-refractivity contribution in [1.29, 1.82) is 5.26 Å². The van der Waals surface area contributed by atoms with Gasteiger partial charge in [0.1, 0.15) is 11.1 Å². The van der Waals surface area contributed by atoms with Gasteiger partial charge in [-0.2, -0.15) is 15.5 Å². The average molecular weight is 332 g/mol. The molecular formula is C17H12N6S. The Balaban J connectivity index is 1.90. The first kappa shape index (κ1) is 14.5. The van der Waals surface area contributed by atoms with E-state index in [0.717, 1.165) is 32.1 Å². The summed E-state index contributed by atoms with van der Waals surface area (Å²) in [6, 6.07) is 8.23. The molecule has 0 aliphatic heterocycles. The summed E-state index contributed by atoms with van der Waals surface area (Å²) in [6.45, 7) is 2.03. The number of aromatic amines is 1. The predicted molar refractivity (Wildman–Crippen MR) is 90.6 cm³/mol. The van der Waals surface area contributed by atoms with Gasteiger partial charge in [-0.05, 0) is 30.7 Å². The van der Waals surface area contributed by atoms with Crippen LogP contribution in [0.2, 0.25) is 0 Å². The van der Waals surface area contributed by atoms with Crippen LogP contribution in [-0.2, 0) is 0 Å². The molecule has 4 aromatic rings. The molecule has 0 fully saturated rings. The highest BCUT2D eigenvalue weighted by atomic mass is 32.2. The Hall–Kier alpha value is -3.11. The number of fused-ring (bicyclic) bond motifs is 1. The van der Waals surface area contributed by atoms with E-state index in [4.69, 9.17) is 0 Å². The first-order valence-corrected chi connectivity index (χ1v) is 8.07. The van der Waals surface area contributed by atoms with Crippen molar-refractivity contribution in [3.63, 3.8) is 0 Å². The van der Waals surface area contributed by atoms with Crippen molar-refractivity contribution >= 4 is 17.3 Å². The molecule has 4 aromatic heterocycles. The van der Waals surface area contributed by atoms with E-state index in [1.165, 1.54) is 11.8 Å². The second-order valence-corrected chi connectivity index (χ2v) is 6.38. The van der Waals surface area contributed by atoms with Crippen LogP contribution < -0.4 is 0 Å². The van der Waals surface area contributed by atoms with E-state index in [0.29, 0.717) is 5.56 Å². The number of H-pyrrole nitrogens is 1. The molecule has 0 saturated carbocycles. The number of aryl methyl sites for hydroxylation is 1. The summed E-state index contributed by atoms with van der Waals surface area (Å²) in [5.41, 5.74) is 4.41. The standard InChI is InChI=1S/C17H12N6S/c1-11-2-3-19-16(4-11)24-15-5-12(14-7-20-21-8-14)10-23-17(15)13(6-18)9-22-23/h2-5,7-10H,1H3,(H,20,21). The molecule has 24 heavy (non-hydrogen) atoms. The van der Waals surface area contributed by atoms with E-state index in [1.54, 1.807) is 23.1 Å². The molecule has 0 amide bonds. The second kappa shape index (κ2) is 5.83. The number of aromatic nitrogens is 5. The molecule has 0 spiro atoms. The van der Waals surface area contributed by atoms with E-state index in [-0.39, 0.29) is 0 Å². The Morgan fingerprint density at radius 3 is 2.92 bits per heavy atom. The summed E-state index contributed by atoms with van der Waals surface area (Å²) < 4.78 is 1.74. The summed E-state index contributed by atoms with van der Waals surface area (Å²) in [7, 11) is 0. The lowest BCUT2D eigenvalue weighted by Gasteiger charge is -2.08. The number of hydrogen-bond donors (Lipinski definition) is 1. The van der Waals surface area contributed by atoms with Gasteiger partial charge in [0, 0.05) is 34.6 Å².